The van der Waals surface area contributed by atoms with Gasteiger partial charge in [0.05, 0.1) is 0 Å². The van der Waals surface area contributed by atoms with Crippen LogP contribution in [-0.2, 0) is 0 Å². The first-order valence-corrected chi connectivity index (χ1v) is 9.13. The summed E-state index contributed by atoms with van der Waals surface area (Å²) in [6, 6.07) is 0.424. The van der Waals surface area contributed by atoms with E-state index in [1.165, 1.54) is 64.5 Å². The van der Waals surface area contributed by atoms with Gasteiger partial charge in [-0.15, -0.1) is 0 Å². The smallest absolute Gasteiger partial charge is 0.0225 e. The van der Waals surface area contributed by atoms with Crippen LogP contribution in [0.25, 0.3) is 0 Å². The van der Waals surface area contributed by atoms with Crippen LogP contribution in [0.5, 0.6) is 0 Å². The van der Waals surface area contributed by atoms with Crippen molar-refractivity contribution < 1.29 is 0 Å². The molecular weight excluding hydrogens is 244 g/mol. The Morgan fingerprint density at radius 3 is 2.05 bits per heavy atom. The summed E-state index contributed by atoms with van der Waals surface area (Å²) in [5.74, 6) is 3.08. The Morgan fingerprint density at radius 2 is 1.60 bits per heavy atom. The summed E-state index contributed by atoms with van der Waals surface area (Å²) in [6.45, 7) is 8.13. The Kier molecular flexibility index (Phi) is 4.42. The molecule has 0 spiro atoms. The molecule has 0 aliphatic heterocycles. The number of nitrogens with two attached hydrogens (primary N) is 1. The summed E-state index contributed by atoms with van der Waals surface area (Å²) >= 11 is 0. The fourth-order valence-corrected chi connectivity index (χ4v) is 5.86. The zero-order valence-corrected chi connectivity index (χ0v) is 13.6. The van der Waals surface area contributed by atoms with Gasteiger partial charge < -0.3 is 10.6 Å². The first-order chi connectivity index (χ1) is 9.65. The van der Waals surface area contributed by atoms with E-state index in [1.807, 2.05) is 0 Å². The molecule has 116 valence electrons. The molecule has 20 heavy (non-hydrogen) atoms. The summed E-state index contributed by atoms with van der Waals surface area (Å²) in [7, 11) is 0. The average molecular weight is 278 g/mol. The summed E-state index contributed by atoms with van der Waals surface area (Å²) in [5.41, 5.74) is 7.30. The molecule has 2 N–H and O–H groups in total. The van der Waals surface area contributed by atoms with Gasteiger partial charge in [-0.25, -0.2) is 0 Å². The van der Waals surface area contributed by atoms with E-state index in [0.717, 1.165) is 24.3 Å². The molecule has 0 heterocycles. The van der Waals surface area contributed by atoms with E-state index in [0.29, 0.717) is 11.5 Å². The molecular formula is C18H34N2. The minimum absolute atomic E-state index is 0.424. The van der Waals surface area contributed by atoms with Gasteiger partial charge in [0.2, 0.25) is 0 Å². The molecule has 0 aromatic carbocycles. The van der Waals surface area contributed by atoms with Gasteiger partial charge in [0, 0.05) is 12.6 Å². The van der Waals surface area contributed by atoms with Crippen LogP contribution in [0.15, 0.2) is 0 Å². The molecule has 1 atom stereocenters. The Morgan fingerprint density at radius 1 is 1.05 bits per heavy atom. The van der Waals surface area contributed by atoms with Gasteiger partial charge in [-0.3, -0.25) is 0 Å². The number of hydrogen-bond donors (Lipinski definition) is 1. The molecule has 0 aromatic rings. The molecule has 4 aliphatic carbocycles. The highest BCUT2D eigenvalue weighted by molar-refractivity contribution is 5.05. The Labute approximate surface area is 125 Å². The lowest BCUT2D eigenvalue weighted by Gasteiger charge is -2.59. The van der Waals surface area contributed by atoms with Crippen LogP contribution >= 0.6 is 0 Å². The molecule has 0 amide bonds. The van der Waals surface area contributed by atoms with Crippen molar-refractivity contribution in [1.29, 1.82) is 0 Å². The summed E-state index contributed by atoms with van der Waals surface area (Å²) in [5, 5.41) is 0. The highest BCUT2D eigenvalue weighted by Crippen LogP contribution is 2.61. The van der Waals surface area contributed by atoms with Crippen LogP contribution in [-0.4, -0.2) is 30.6 Å². The number of nitrogens with zero attached hydrogens (tertiary/aromatic N) is 1. The number of unbranched alkanes of at least 4 members (excludes halogenated alkanes) is 1. The molecule has 0 aromatic heterocycles. The third kappa shape index (κ3) is 2.78. The van der Waals surface area contributed by atoms with Gasteiger partial charge in [0.15, 0.2) is 0 Å². The maximum absolute atomic E-state index is 6.78. The second-order valence-electron chi connectivity index (χ2n) is 8.13. The highest BCUT2D eigenvalue weighted by atomic mass is 15.1. The molecule has 4 saturated carbocycles. The number of hydrogen-bond acceptors (Lipinski definition) is 2. The van der Waals surface area contributed by atoms with Crippen molar-refractivity contribution in [2.75, 3.05) is 19.6 Å². The lowest BCUT2D eigenvalue weighted by molar-refractivity contribution is -0.0713. The van der Waals surface area contributed by atoms with Crippen molar-refractivity contribution in [1.82, 2.24) is 4.90 Å². The van der Waals surface area contributed by atoms with Crippen LogP contribution < -0.4 is 5.73 Å². The quantitative estimate of drug-likeness (QED) is 0.770. The van der Waals surface area contributed by atoms with Crippen LogP contribution in [0.1, 0.15) is 65.2 Å². The molecule has 0 saturated heterocycles. The molecule has 4 rings (SSSR count). The predicted molar refractivity (Wildman–Crippen MR) is 85.6 cm³/mol. The zero-order valence-electron chi connectivity index (χ0n) is 13.6. The van der Waals surface area contributed by atoms with E-state index in [1.54, 1.807) is 0 Å². The summed E-state index contributed by atoms with van der Waals surface area (Å²) < 4.78 is 0. The predicted octanol–water partition coefficient (Wildman–Crippen LogP) is 3.65. The minimum Gasteiger partial charge on any atom is -0.326 e. The Hall–Kier alpha value is -0.0800. The Balaban J connectivity index is 1.62. The lowest BCUT2D eigenvalue weighted by Crippen LogP contribution is -2.57. The van der Waals surface area contributed by atoms with E-state index >= 15 is 0 Å². The SMILES string of the molecule is CCCCN(CC)CC(N)C12CC3CC(CC(C3)C1)C2. The van der Waals surface area contributed by atoms with Crippen LogP contribution in [0.4, 0.5) is 0 Å². The maximum Gasteiger partial charge on any atom is 0.0225 e. The van der Waals surface area contributed by atoms with Crippen molar-refractivity contribution >= 4 is 0 Å². The van der Waals surface area contributed by atoms with E-state index in [4.69, 9.17) is 5.73 Å². The van der Waals surface area contributed by atoms with Gasteiger partial charge in [0.1, 0.15) is 0 Å². The van der Waals surface area contributed by atoms with Gasteiger partial charge in [-0.1, -0.05) is 20.3 Å². The Bertz CT molecular complexity index is 290. The molecule has 1 unspecified atom stereocenters. The van der Waals surface area contributed by atoms with E-state index in [9.17, 15) is 0 Å². The molecule has 4 aliphatic rings. The fraction of sp³-hybridized carbons (Fsp3) is 1.00. The lowest BCUT2D eigenvalue weighted by atomic mass is 9.48. The molecule has 4 fully saturated rings. The van der Waals surface area contributed by atoms with Crippen molar-refractivity contribution in [2.24, 2.45) is 28.9 Å². The zero-order chi connectivity index (χ0) is 14.2. The third-order valence-electron chi connectivity index (χ3n) is 6.60. The first kappa shape index (κ1) is 14.8. The normalized spacial score (nSPS) is 40.5. The summed E-state index contributed by atoms with van der Waals surface area (Å²) in [6.07, 6.45) is 11.5. The van der Waals surface area contributed by atoms with Crippen LogP contribution in [0, 0.1) is 23.2 Å². The second kappa shape index (κ2) is 5.96. The van der Waals surface area contributed by atoms with Gasteiger partial charge in [-0.2, -0.15) is 0 Å². The van der Waals surface area contributed by atoms with Crippen LogP contribution in [0.3, 0.4) is 0 Å². The van der Waals surface area contributed by atoms with E-state index < -0.39 is 0 Å². The average Bonchev–Trinajstić information content (AvgIpc) is 2.41. The molecule has 2 heteroatoms. The fourth-order valence-electron chi connectivity index (χ4n) is 5.86. The van der Waals surface area contributed by atoms with Crippen molar-refractivity contribution in [2.45, 2.75) is 71.3 Å². The van der Waals surface area contributed by atoms with Crippen LogP contribution in [0.2, 0.25) is 0 Å². The second-order valence-corrected chi connectivity index (χ2v) is 8.13. The van der Waals surface area contributed by atoms with E-state index in [2.05, 4.69) is 18.7 Å². The van der Waals surface area contributed by atoms with Gasteiger partial charge >= 0.3 is 0 Å². The molecule has 4 bridgehead atoms. The summed E-state index contributed by atoms with van der Waals surface area (Å²) in [4.78, 5) is 2.60. The van der Waals surface area contributed by atoms with Crippen molar-refractivity contribution in [3.63, 3.8) is 0 Å². The third-order valence-corrected chi connectivity index (χ3v) is 6.60. The molecule has 0 radical (unpaired) electrons. The minimum atomic E-state index is 0.424. The maximum atomic E-state index is 6.78. The topological polar surface area (TPSA) is 29.3 Å². The monoisotopic (exact) mass is 278 g/mol. The number of rotatable bonds is 7. The number of likely N-dealkylation sites (N-methyl/N-ethyl adjacent to an activating group) is 1. The van der Waals surface area contributed by atoms with Gasteiger partial charge in [0.25, 0.3) is 0 Å². The highest BCUT2D eigenvalue weighted by Gasteiger charge is 2.53. The standard InChI is InChI=1S/C18H34N2/c1-3-5-6-20(4-2)13-17(19)18-10-14-7-15(11-18)9-16(8-14)12-18/h14-17H,3-13,19H2,1-2H3. The molecule has 2 nitrogen and oxygen atoms in total. The van der Waals surface area contributed by atoms with Crippen molar-refractivity contribution in [3.05, 3.63) is 0 Å². The van der Waals surface area contributed by atoms with Gasteiger partial charge in [-0.05, 0) is 81.2 Å². The van der Waals surface area contributed by atoms with E-state index in [-0.39, 0.29) is 0 Å². The first-order valence-electron chi connectivity index (χ1n) is 9.13. The largest absolute Gasteiger partial charge is 0.326 e. The van der Waals surface area contributed by atoms with Crippen molar-refractivity contribution in [3.8, 4) is 0 Å².